The molecule has 0 atom stereocenters. The van der Waals surface area contributed by atoms with E-state index < -0.39 is 29.4 Å². The Morgan fingerprint density at radius 3 is 2.62 bits per heavy atom. The van der Waals surface area contributed by atoms with Crippen LogP contribution in [0.3, 0.4) is 0 Å². The van der Waals surface area contributed by atoms with Crippen molar-refractivity contribution in [2.75, 3.05) is 25.6 Å². The molecule has 14 heteroatoms. The number of aromatic nitrogens is 3. The first-order valence-electron chi connectivity index (χ1n) is 9.55. The molecule has 0 fully saturated rings. The highest BCUT2D eigenvalue weighted by atomic mass is 79.9. The number of hydrogen-bond acceptors (Lipinski definition) is 6. The van der Waals surface area contributed by atoms with Gasteiger partial charge in [0, 0.05) is 19.3 Å². The number of hydrogen-bond donors (Lipinski definition) is 2. The van der Waals surface area contributed by atoms with Gasteiger partial charge in [-0.15, -0.1) is 0 Å². The molecule has 3 heterocycles. The molecule has 178 valence electrons. The number of fused-ring (bicyclic) bond motifs is 1. The van der Waals surface area contributed by atoms with Crippen molar-refractivity contribution in [3.05, 3.63) is 56.9 Å². The summed E-state index contributed by atoms with van der Waals surface area (Å²) >= 11 is 9.38. The molecule has 2 aromatic heterocycles. The summed E-state index contributed by atoms with van der Waals surface area (Å²) in [6, 6.07) is 4.79. The third-order valence-corrected chi connectivity index (χ3v) is 5.71. The van der Waals surface area contributed by atoms with Crippen molar-refractivity contribution in [1.82, 2.24) is 20.1 Å². The van der Waals surface area contributed by atoms with Gasteiger partial charge in [-0.1, -0.05) is 11.6 Å². The molecule has 0 bridgehead atoms. The molecule has 1 aromatic carbocycles. The van der Waals surface area contributed by atoms with Crippen molar-refractivity contribution in [2.24, 2.45) is 0 Å². The lowest BCUT2D eigenvalue weighted by atomic mass is 10.1. The number of carbonyl (C=O) groups is 2. The number of nitrogens with zero attached hydrogens (tertiary/aromatic N) is 3. The quantitative estimate of drug-likeness (QED) is 0.498. The van der Waals surface area contributed by atoms with Gasteiger partial charge in [-0.2, -0.15) is 18.3 Å². The highest BCUT2D eigenvalue weighted by Gasteiger charge is 2.37. The van der Waals surface area contributed by atoms with Crippen LogP contribution < -0.4 is 20.1 Å². The molecule has 0 spiro atoms. The van der Waals surface area contributed by atoms with Crippen LogP contribution in [0.15, 0.2) is 34.9 Å². The van der Waals surface area contributed by atoms with E-state index in [0.717, 1.165) is 0 Å². The van der Waals surface area contributed by atoms with Crippen molar-refractivity contribution in [1.29, 1.82) is 0 Å². The van der Waals surface area contributed by atoms with Gasteiger partial charge in [0.25, 0.3) is 11.8 Å². The van der Waals surface area contributed by atoms with Gasteiger partial charge in [0.2, 0.25) is 0 Å². The van der Waals surface area contributed by atoms with Gasteiger partial charge in [0.15, 0.2) is 23.0 Å². The molecule has 0 saturated carbocycles. The highest BCUT2D eigenvalue weighted by Crippen LogP contribution is 2.44. The predicted molar refractivity (Wildman–Crippen MR) is 118 cm³/mol. The standard InChI is InChI=1S/C20H14BrClF3N5O4/c1-26-18(31)9-7-12-16(34-6-5-33-12)14(21)15(9)28-19(32)11-8-13(20(23,24)25)29-30(11)17-10(22)3-2-4-27-17/h2-4,7-8H,5-6H2,1H3,(H,26,31)(H,28,32). The normalized spacial score (nSPS) is 12.9. The fourth-order valence-corrected chi connectivity index (χ4v) is 3.96. The Bertz CT molecular complexity index is 1300. The summed E-state index contributed by atoms with van der Waals surface area (Å²) in [4.78, 5) is 29.6. The minimum Gasteiger partial charge on any atom is -0.486 e. The maximum absolute atomic E-state index is 13.4. The van der Waals surface area contributed by atoms with E-state index in [1.807, 2.05) is 0 Å². The predicted octanol–water partition coefficient (Wildman–Crippen LogP) is 4.09. The fraction of sp³-hybridized carbons (Fsp3) is 0.200. The van der Waals surface area contributed by atoms with E-state index >= 15 is 0 Å². The maximum atomic E-state index is 13.4. The van der Waals surface area contributed by atoms with Crippen molar-refractivity contribution in [2.45, 2.75) is 6.18 Å². The second-order valence-electron chi connectivity index (χ2n) is 6.80. The number of rotatable bonds is 4. The molecule has 34 heavy (non-hydrogen) atoms. The molecular weight excluding hydrogens is 547 g/mol. The summed E-state index contributed by atoms with van der Waals surface area (Å²) in [5.41, 5.74) is -1.89. The Balaban J connectivity index is 1.83. The first-order valence-corrected chi connectivity index (χ1v) is 10.7. The molecule has 0 saturated heterocycles. The summed E-state index contributed by atoms with van der Waals surface area (Å²) in [6.07, 6.45) is -3.55. The smallest absolute Gasteiger partial charge is 0.435 e. The largest absolute Gasteiger partial charge is 0.486 e. The number of alkyl halides is 3. The molecular formula is C20H14BrClF3N5O4. The van der Waals surface area contributed by atoms with E-state index in [9.17, 15) is 22.8 Å². The van der Waals surface area contributed by atoms with Crippen LogP contribution in [-0.4, -0.2) is 46.8 Å². The van der Waals surface area contributed by atoms with Crippen LogP contribution in [0.4, 0.5) is 18.9 Å². The number of pyridine rings is 1. The molecule has 2 N–H and O–H groups in total. The monoisotopic (exact) mass is 559 g/mol. The lowest BCUT2D eigenvalue weighted by Gasteiger charge is -2.23. The number of halogens is 5. The van der Waals surface area contributed by atoms with E-state index in [2.05, 4.69) is 36.6 Å². The Morgan fingerprint density at radius 2 is 1.94 bits per heavy atom. The zero-order valence-electron chi connectivity index (χ0n) is 17.2. The molecule has 1 aliphatic heterocycles. The number of benzene rings is 1. The molecule has 0 aliphatic carbocycles. The summed E-state index contributed by atoms with van der Waals surface area (Å²) in [7, 11) is 1.38. The van der Waals surface area contributed by atoms with Crippen molar-refractivity contribution in [3.8, 4) is 17.3 Å². The van der Waals surface area contributed by atoms with E-state index in [-0.39, 0.29) is 51.3 Å². The molecule has 0 unspecified atom stereocenters. The van der Waals surface area contributed by atoms with Crippen molar-refractivity contribution in [3.63, 3.8) is 0 Å². The summed E-state index contributed by atoms with van der Waals surface area (Å²) in [5, 5.41) is 8.37. The van der Waals surface area contributed by atoms with Crippen molar-refractivity contribution >= 4 is 45.0 Å². The van der Waals surface area contributed by atoms with Gasteiger partial charge in [-0.05, 0) is 34.1 Å². The molecule has 9 nitrogen and oxygen atoms in total. The van der Waals surface area contributed by atoms with E-state index in [0.29, 0.717) is 10.7 Å². The topological polar surface area (TPSA) is 107 Å². The number of carbonyl (C=O) groups excluding carboxylic acids is 2. The molecule has 0 radical (unpaired) electrons. The van der Waals surface area contributed by atoms with Crippen LogP contribution in [0, 0.1) is 0 Å². The van der Waals surface area contributed by atoms with Crippen LogP contribution in [0.2, 0.25) is 5.02 Å². The zero-order valence-corrected chi connectivity index (χ0v) is 19.5. The highest BCUT2D eigenvalue weighted by molar-refractivity contribution is 9.10. The van der Waals surface area contributed by atoms with Crippen LogP contribution >= 0.6 is 27.5 Å². The fourth-order valence-electron chi connectivity index (χ4n) is 3.14. The second kappa shape index (κ2) is 9.14. The van der Waals surface area contributed by atoms with E-state index in [1.165, 1.54) is 31.4 Å². The van der Waals surface area contributed by atoms with Gasteiger partial charge < -0.3 is 20.1 Å². The van der Waals surface area contributed by atoms with Gasteiger partial charge in [-0.3, -0.25) is 9.59 Å². The number of anilines is 1. The first-order chi connectivity index (χ1) is 16.1. The van der Waals surface area contributed by atoms with E-state index in [1.54, 1.807) is 0 Å². The Morgan fingerprint density at radius 1 is 1.21 bits per heavy atom. The molecule has 2 amide bonds. The summed E-state index contributed by atoms with van der Waals surface area (Å²) < 4.78 is 52.1. The average Bonchev–Trinajstić information content (AvgIpc) is 3.26. The SMILES string of the molecule is CNC(=O)c1cc2c(c(Br)c1NC(=O)c1cc(C(F)(F)F)nn1-c1ncccc1Cl)OCCO2. The zero-order chi connectivity index (χ0) is 24.6. The van der Waals surface area contributed by atoms with Crippen LogP contribution in [0.1, 0.15) is 26.5 Å². The lowest BCUT2D eigenvalue weighted by Crippen LogP contribution is -2.25. The first kappa shape index (κ1) is 23.8. The summed E-state index contributed by atoms with van der Waals surface area (Å²) in [6.45, 7) is 0.473. The lowest BCUT2D eigenvalue weighted by molar-refractivity contribution is -0.141. The number of nitrogens with one attached hydrogen (secondary N) is 2. The number of amides is 2. The maximum Gasteiger partial charge on any atom is 0.435 e. The van der Waals surface area contributed by atoms with Crippen LogP contribution in [-0.2, 0) is 6.18 Å². The second-order valence-corrected chi connectivity index (χ2v) is 8.00. The van der Waals surface area contributed by atoms with E-state index in [4.69, 9.17) is 21.1 Å². The van der Waals surface area contributed by atoms with Gasteiger partial charge in [0.1, 0.15) is 18.9 Å². The van der Waals surface area contributed by atoms with Crippen molar-refractivity contribution < 1.29 is 32.2 Å². The van der Waals surface area contributed by atoms with Gasteiger partial charge >= 0.3 is 6.18 Å². The minimum atomic E-state index is -4.84. The summed E-state index contributed by atoms with van der Waals surface area (Å²) in [5.74, 6) is -1.28. The Kier molecular flexibility index (Phi) is 6.41. The third-order valence-electron chi connectivity index (χ3n) is 4.66. The molecule has 4 rings (SSSR count). The van der Waals surface area contributed by atoms with Crippen LogP contribution in [0.5, 0.6) is 11.5 Å². The third kappa shape index (κ3) is 4.40. The average molecular weight is 561 g/mol. The molecule has 3 aromatic rings. The number of ether oxygens (including phenoxy) is 2. The van der Waals surface area contributed by atoms with Crippen LogP contribution in [0.25, 0.3) is 5.82 Å². The molecule has 1 aliphatic rings. The Labute approximate surface area is 203 Å². The van der Waals surface area contributed by atoms with Gasteiger partial charge in [-0.25, -0.2) is 9.67 Å². The van der Waals surface area contributed by atoms with Gasteiger partial charge in [0.05, 0.1) is 20.7 Å². The Hall–Kier alpha value is -3.32. The minimum absolute atomic E-state index is 0.00930.